The Balaban J connectivity index is 1.20. The quantitative estimate of drug-likeness (QED) is 0.164. The maximum Gasteiger partial charge on any atom is 0.252 e. The van der Waals surface area contributed by atoms with Gasteiger partial charge in [0.1, 0.15) is 0 Å². The second-order valence-electron chi connectivity index (χ2n) is 19.4. The molecule has 1 aromatic heterocycles. The van der Waals surface area contributed by atoms with Crippen molar-refractivity contribution in [3.63, 3.8) is 0 Å². The highest BCUT2D eigenvalue weighted by atomic mass is 15.3. The van der Waals surface area contributed by atoms with Crippen LogP contribution in [0, 0.1) is 13.8 Å². The minimum atomic E-state index is -0.132. The summed E-state index contributed by atoms with van der Waals surface area (Å²) >= 11 is 0. The van der Waals surface area contributed by atoms with Gasteiger partial charge in [0.2, 0.25) is 0 Å². The smallest absolute Gasteiger partial charge is 0.252 e. The van der Waals surface area contributed by atoms with Crippen LogP contribution in [0.15, 0.2) is 115 Å². The molecule has 7 aromatic rings. The molecule has 0 amide bonds. The lowest BCUT2D eigenvalue weighted by Crippen LogP contribution is -2.64. The molecule has 2 saturated carbocycles. The van der Waals surface area contributed by atoms with Crippen LogP contribution >= 0.6 is 0 Å². The van der Waals surface area contributed by atoms with E-state index in [-0.39, 0.29) is 28.6 Å². The Bertz CT molecular complexity index is 2920. The van der Waals surface area contributed by atoms with Gasteiger partial charge in [0.25, 0.3) is 6.71 Å². The Labute approximate surface area is 337 Å². The van der Waals surface area contributed by atoms with Crippen molar-refractivity contribution in [2.45, 2.75) is 108 Å². The largest absolute Gasteiger partial charge is 0.335 e. The monoisotopic (exact) mass is 739 g/mol. The van der Waals surface area contributed by atoms with E-state index in [1.54, 1.807) is 5.56 Å². The van der Waals surface area contributed by atoms with Crippen LogP contribution in [0.1, 0.15) is 100.0 Å². The zero-order valence-electron chi connectivity index (χ0n) is 34.0. The maximum atomic E-state index is 2.93. The predicted molar refractivity (Wildman–Crippen MR) is 240 cm³/mol. The average Bonchev–Trinajstić information content (AvgIpc) is 3.76. The lowest BCUT2D eigenvalue weighted by Gasteiger charge is -2.54. The van der Waals surface area contributed by atoms with Crippen LogP contribution in [-0.2, 0) is 10.8 Å². The van der Waals surface area contributed by atoms with Gasteiger partial charge in [-0.25, -0.2) is 0 Å². The van der Waals surface area contributed by atoms with Crippen molar-refractivity contribution in [3.05, 3.63) is 143 Å². The molecule has 4 atom stereocenters. The first-order valence-corrected chi connectivity index (χ1v) is 21.8. The molecule has 13 rings (SSSR count). The van der Waals surface area contributed by atoms with Crippen molar-refractivity contribution in [2.24, 2.45) is 0 Å². The predicted octanol–water partition coefficient (Wildman–Crippen LogP) is 11.1. The number of aryl methyl sites for hydroxylation is 2. The molecular formula is C53H50BN3. The minimum Gasteiger partial charge on any atom is -0.335 e. The Morgan fingerprint density at radius 3 is 2.14 bits per heavy atom. The van der Waals surface area contributed by atoms with Gasteiger partial charge < -0.3 is 14.4 Å². The molecule has 2 fully saturated rings. The van der Waals surface area contributed by atoms with Crippen LogP contribution in [0.4, 0.5) is 22.7 Å². The lowest BCUT2D eigenvalue weighted by atomic mass is 9.33. The number of benzene rings is 6. The number of nitrogens with zero attached hydrogens (tertiary/aromatic N) is 3. The number of hydrogen-bond acceptors (Lipinski definition) is 2. The minimum absolute atomic E-state index is 0.0432. The van der Waals surface area contributed by atoms with Gasteiger partial charge in [0.15, 0.2) is 0 Å². The maximum absolute atomic E-state index is 2.93. The fraction of sp³-hybridized carbons (Fsp3) is 0.321. The highest BCUT2D eigenvalue weighted by Crippen LogP contribution is 2.66. The number of anilines is 4. The second-order valence-corrected chi connectivity index (χ2v) is 19.4. The van der Waals surface area contributed by atoms with E-state index in [9.17, 15) is 0 Å². The normalized spacial score (nSPS) is 27.4. The Morgan fingerprint density at radius 1 is 0.579 bits per heavy atom. The van der Waals surface area contributed by atoms with Crippen LogP contribution < -0.4 is 26.2 Å². The van der Waals surface area contributed by atoms with Crippen LogP contribution in [0.3, 0.4) is 0 Å². The zero-order chi connectivity index (χ0) is 38.2. The number of hydrogen-bond donors (Lipinski definition) is 0. The topological polar surface area (TPSA) is 11.4 Å². The Morgan fingerprint density at radius 2 is 1.28 bits per heavy atom. The van der Waals surface area contributed by atoms with Crippen LogP contribution in [0.5, 0.6) is 0 Å². The molecule has 0 bridgehead atoms. The molecular weight excluding hydrogens is 689 g/mol. The summed E-state index contributed by atoms with van der Waals surface area (Å²) in [6.07, 6.45) is 9.81. The van der Waals surface area contributed by atoms with Crippen LogP contribution in [0.25, 0.3) is 27.5 Å². The van der Waals surface area contributed by atoms with Gasteiger partial charge in [0, 0.05) is 55.6 Å². The molecule has 0 saturated heterocycles. The molecule has 280 valence electrons. The summed E-state index contributed by atoms with van der Waals surface area (Å²) in [5, 5.41) is 2.71. The summed E-state index contributed by atoms with van der Waals surface area (Å²) in [4.78, 5) is 5.79. The second kappa shape index (κ2) is 10.6. The van der Waals surface area contributed by atoms with Gasteiger partial charge in [-0.15, -0.1) is 0 Å². The fourth-order valence-corrected chi connectivity index (χ4v) is 14.6. The van der Waals surface area contributed by atoms with E-state index in [4.69, 9.17) is 0 Å². The summed E-state index contributed by atoms with van der Waals surface area (Å²) in [6, 6.07) is 45.7. The standard InChI is InChI=1S/C53H50BN3/c1-33-29-34(2)46-43(30-33)56(51(4)26-12-11-25-50(46,51)3)36-31-44-47-45(32-36)57-49-39(53(35-17-7-6-8-18-35)28-14-13-27-52(53,57)5)21-16-23-41(49)54(47)40-22-15-20-38-37-19-9-10-24-42(37)55(44)48(38)40/h6-10,15-24,29-32H,11-14,25-28H2,1-5H3. The number of rotatable bonds is 2. The van der Waals surface area contributed by atoms with Gasteiger partial charge in [-0.1, -0.05) is 124 Å². The van der Waals surface area contributed by atoms with E-state index in [2.05, 4.69) is 164 Å². The molecule has 4 heteroatoms. The SMILES string of the molecule is Cc1cc(C)c2c(c1)N(c1cc3c4c(c1)-n1c5ccccc5c5cccc(c51)B4c1cccc4c1N3C1(C)CCCCC41c1ccccc1)C1(C)CCCCC21C. The first-order chi connectivity index (χ1) is 27.7. The van der Waals surface area contributed by atoms with E-state index in [0.29, 0.717) is 0 Å². The highest BCUT2D eigenvalue weighted by Gasteiger charge is 2.64. The Kier molecular flexibility index (Phi) is 6.13. The third kappa shape index (κ3) is 3.58. The summed E-state index contributed by atoms with van der Waals surface area (Å²) in [5.41, 5.74) is 21.3. The summed E-state index contributed by atoms with van der Waals surface area (Å²) in [7, 11) is 0. The molecule has 57 heavy (non-hydrogen) atoms. The zero-order valence-corrected chi connectivity index (χ0v) is 34.0. The van der Waals surface area contributed by atoms with Crippen molar-refractivity contribution < 1.29 is 0 Å². The molecule has 6 aliphatic rings. The number of para-hydroxylation sites is 3. The van der Waals surface area contributed by atoms with Gasteiger partial charge in [-0.2, -0.15) is 0 Å². The van der Waals surface area contributed by atoms with Crippen molar-refractivity contribution in [1.82, 2.24) is 4.57 Å². The van der Waals surface area contributed by atoms with Crippen molar-refractivity contribution >= 4 is 67.7 Å². The Hall–Kier alpha value is -5.22. The van der Waals surface area contributed by atoms with Crippen molar-refractivity contribution in [2.75, 3.05) is 9.80 Å². The van der Waals surface area contributed by atoms with Gasteiger partial charge in [-0.3, -0.25) is 0 Å². The third-order valence-electron chi connectivity index (χ3n) is 16.9. The summed E-state index contributed by atoms with van der Waals surface area (Å²) in [5.74, 6) is 0. The van der Waals surface area contributed by atoms with E-state index in [1.807, 2.05) is 0 Å². The fourth-order valence-electron chi connectivity index (χ4n) is 14.6. The lowest BCUT2D eigenvalue weighted by molar-refractivity contribution is 0.194. The van der Waals surface area contributed by atoms with E-state index >= 15 is 0 Å². The average molecular weight is 740 g/mol. The molecule has 5 heterocycles. The van der Waals surface area contributed by atoms with Crippen LogP contribution in [-0.4, -0.2) is 22.4 Å². The number of aromatic nitrogens is 1. The van der Waals surface area contributed by atoms with Crippen molar-refractivity contribution in [1.29, 1.82) is 0 Å². The summed E-state index contributed by atoms with van der Waals surface area (Å²) in [6.45, 7) is 12.7. The highest BCUT2D eigenvalue weighted by molar-refractivity contribution is 7.00. The summed E-state index contributed by atoms with van der Waals surface area (Å²) < 4.78 is 2.68. The molecule has 0 spiro atoms. The third-order valence-corrected chi connectivity index (χ3v) is 16.9. The first-order valence-electron chi connectivity index (χ1n) is 21.8. The van der Waals surface area contributed by atoms with Crippen LogP contribution in [0.2, 0.25) is 0 Å². The first kappa shape index (κ1) is 32.8. The molecule has 2 aliphatic carbocycles. The molecule has 4 aliphatic heterocycles. The van der Waals surface area contributed by atoms with Crippen molar-refractivity contribution in [3.8, 4) is 5.69 Å². The molecule has 6 aromatic carbocycles. The molecule has 0 radical (unpaired) electrons. The van der Waals surface area contributed by atoms with E-state index in [1.165, 1.54) is 134 Å². The number of fused-ring (bicyclic) bond motifs is 13. The van der Waals surface area contributed by atoms with Gasteiger partial charge >= 0.3 is 0 Å². The van der Waals surface area contributed by atoms with E-state index in [0.717, 1.165) is 6.42 Å². The molecule has 0 N–H and O–H groups in total. The molecule has 3 nitrogen and oxygen atoms in total. The van der Waals surface area contributed by atoms with E-state index < -0.39 is 0 Å². The van der Waals surface area contributed by atoms with Gasteiger partial charge in [0.05, 0.1) is 16.6 Å². The molecule has 4 unspecified atom stereocenters. The van der Waals surface area contributed by atoms with Gasteiger partial charge in [-0.05, 0) is 122 Å².